The predicted molar refractivity (Wildman–Crippen MR) is 120 cm³/mol. The van der Waals surface area contributed by atoms with Gasteiger partial charge in [0.25, 0.3) is 0 Å². The molecule has 0 saturated carbocycles. The van der Waals surface area contributed by atoms with E-state index in [1.807, 2.05) is 50.3 Å². The van der Waals surface area contributed by atoms with Crippen molar-refractivity contribution in [3.63, 3.8) is 0 Å². The van der Waals surface area contributed by atoms with E-state index in [4.69, 9.17) is 9.72 Å². The standard InChI is InChI=1S/C23H33N5O2/c1-6-16(4)21(29)10-8-7-9-13-24-22-23-27-26-17(5)28(23)20-12-11-18(30-15(2)3)14-19(20)25-22/h11-12,14-16H,6-10,13H2,1-5H3,(H,24,25). The van der Waals surface area contributed by atoms with Crippen molar-refractivity contribution in [3.05, 3.63) is 24.0 Å². The zero-order valence-electron chi connectivity index (χ0n) is 18.7. The number of fused-ring (bicyclic) bond motifs is 3. The molecule has 2 heterocycles. The van der Waals surface area contributed by atoms with Crippen LogP contribution < -0.4 is 10.1 Å². The van der Waals surface area contributed by atoms with Gasteiger partial charge in [0.2, 0.25) is 5.65 Å². The molecular formula is C23H33N5O2. The quantitative estimate of drug-likeness (QED) is 0.449. The molecule has 0 aliphatic heterocycles. The van der Waals surface area contributed by atoms with E-state index in [1.54, 1.807) is 0 Å². The Balaban J connectivity index is 1.69. The van der Waals surface area contributed by atoms with Gasteiger partial charge in [-0.3, -0.25) is 9.20 Å². The van der Waals surface area contributed by atoms with Crippen molar-refractivity contribution < 1.29 is 9.53 Å². The molecule has 3 rings (SSSR count). The zero-order valence-corrected chi connectivity index (χ0v) is 18.7. The van der Waals surface area contributed by atoms with Crippen molar-refractivity contribution in [2.45, 2.75) is 72.8 Å². The largest absolute Gasteiger partial charge is 0.491 e. The topological polar surface area (TPSA) is 81.4 Å². The smallest absolute Gasteiger partial charge is 0.204 e. The van der Waals surface area contributed by atoms with Gasteiger partial charge in [0.05, 0.1) is 17.1 Å². The van der Waals surface area contributed by atoms with Crippen molar-refractivity contribution >= 4 is 28.3 Å². The number of benzene rings is 1. The van der Waals surface area contributed by atoms with Gasteiger partial charge in [-0.2, -0.15) is 0 Å². The fourth-order valence-corrected chi connectivity index (χ4v) is 3.50. The van der Waals surface area contributed by atoms with Gasteiger partial charge in [0, 0.05) is 24.9 Å². The fraction of sp³-hybridized carbons (Fsp3) is 0.565. The maximum absolute atomic E-state index is 11.9. The molecular weight excluding hydrogens is 378 g/mol. The maximum Gasteiger partial charge on any atom is 0.204 e. The Morgan fingerprint density at radius 3 is 2.70 bits per heavy atom. The predicted octanol–water partition coefficient (Wildman–Crippen LogP) is 4.96. The Labute approximate surface area is 178 Å². The summed E-state index contributed by atoms with van der Waals surface area (Å²) in [6.45, 7) is 10.8. The molecule has 1 unspecified atom stereocenters. The van der Waals surface area contributed by atoms with Crippen LogP contribution >= 0.6 is 0 Å². The molecule has 1 aromatic carbocycles. The minimum Gasteiger partial charge on any atom is -0.491 e. The van der Waals surface area contributed by atoms with Crippen molar-refractivity contribution in [1.82, 2.24) is 19.6 Å². The van der Waals surface area contributed by atoms with Crippen molar-refractivity contribution in [1.29, 1.82) is 0 Å². The Bertz CT molecular complexity index is 1010. The molecule has 0 aliphatic carbocycles. The van der Waals surface area contributed by atoms with Gasteiger partial charge in [-0.15, -0.1) is 10.2 Å². The molecule has 0 aliphatic rings. The van der Waals surface area contributed by atoms with E-state index < -0.39 is 0 Å². The van der Waals surface area contributed by atoms with Crippen molar-refractivity contribution in [3.8, 4) is 5.75 Å². The number of aromatic nitrogens is 4. The number of ether oxygens (including phenoxy) is 1. The molecule has 0 fully saturated rings. The zero-order chi connectivity index (χ0) is 21.7. The summed E-state index contributed by atoms with van der Waals surface area (Å²) in [5.74, 6) is 2.90. The number of carbonyl (C=O) groups excluding carboxylic acids is 1. The van der Waals surface area contributed by atoms with E-state index in [0.29, 0.717) is 12.2 Å². The summed E-state index contributed by atoms with van der Waals surface area (Å²) in [5, 5.41) is 12.0. The lowest BCUT2D eigenvalue weighted by Gasteiger charge is -2.13. The lowest BCUT2D eigenvalue weighted by molar-refractivity contribution is -0.122. The van der Waals surface area contributed by atoms with Crippen LogP contribution in [0.5, 0.6) is 5.75 Å². The van der Waals surface area contributed by atoms with E-state index >= 15 is 0 Å². The highest BCUT2D eigenvalue weighted by molar-refractivity contribution is 5.84. The summed E-state index contributed by atoms with van der Waals surface area (Å²) < 4.78 is 7.85. The highest BCUT2D eigenvalue weighted by Gasteiger charge is 2.14. The summed E-state index contributed by atoms with van der Waals surface area (Å²) >= 11 is 0. The monoisotopic (exact) mass is 411 g/mol. The Morgan fingerprint density at radius 1 is 1.17 bits per heavy atom. The van der Waals surface area contributed by atoms with Crippen LogP contribution in [0.1, 0.15) is 65.6 Å². The Kier molecular flexibility index (Phi) is 7.24. The van der Waals surface area contributed by atoms with Crippen LogP contribution in [-0.4, -0.2) is 38.0 Å². The number of nitrogens with one attached hydrogen (secondary N) is 1. The second-order valence-corrected chi connectivity index (χ2v) is 8.20. The van der Waals surface area contributed by atoms with Gasteiger partial charge in [0.15, 0.2) is 5.82 Å². The summed E-state index contributed by atoms with van der Waals surface area (Å²) in [6, 6.07) is 5.91. The molecule has 2 aromatic heterocycles. The average Bonchev–Trinajstić information content (AvgIpc) is 3.11. The van der Waals surface area contributed by atoms with E-state index in [1.165, 1.54) is 0 Å². The van der Waals surface area contributed by atoms with Crippen LogP contribution in [0.15, 0.2) is 18.2 Å². The molecule has 0 bridgehead atoms. The Morgan fingerprint density at radius 2 is 1.97 bits per heavy atom. The number of nitrogens with zero attached hydrogens (tertiary/aromatic N) is 4. The van der Waals surface area contributed by atoms with Crippen LogP contribution in [-0.2, 0) is 4.79 Å². The normalized spacial score (nSPS) is 12.6. The summed E-state index contributed by atoms with van der Waals surface area (Å²) in [5.41, 5.74) is 2.52. The highest BCUT2D eigenvalue weighted by atomic mass is 16.5. The first-order chi connectivity index (χ1) is 14.4. The number of aryl methyl sites for hydroxylation is 1. The van der Waals surface area contributed by atoms with Gasteiger partial charge in [0.1, 0.15) is 17.4 Å². The fourth-order valence-electron chi connectivity index (χ4n) is 3.50. The van der Waals surface area contributed by atoms with Gasteiger partial charge >= 0.3 is 0 Å². The van der Waals surface area contributed by atoms with Crippen molar-refractivity contribution in [2.75, 3.05) is 11.9 Å². The Hall–Kier alpha value is -2.70. The molecule has 7 heteroatoms. The van der Waals surface area contributed by atoms with Gasteiger partial charge in [-0.1, -0.05) is 20.3 Å². The van der Waals surface area contributed by atoms with Gasteiger partial charge in [-0.05, 0) is 52.2 Å². The maximum atomic E-state index is 11.9. The number of hydrogen-bond donors (Lipinski definition) is 1. The highest BCUT2D eigenvalue weighted by Crippen LogP contribution is 2.25. The molecule has 1 N–H and O–H groups in total. The molecule has 0 spiro atoms. The summed E-state index contributed by atoms with van der Waals surface area (Å²) in [7, 11) is 0. The van der Waals surface area contributed by atoms with E-state index in [-0.39, 0.29) is 12.0 Å². The lowest BCUT2D eigenvalue weighted by atomic mass is 9.99. The number of hydrogen-bond acceptors (Lipinski definition) is 6. The van der Waals surface area contributed by atoms with E-state index in [9.17, 15) is 4.79 Å². The number of rotatable bonds is 11. The van der Waals surface area contributed by atoms with Crippen LogP contribution in [0, 0.1) is 12.8 Å². The number of anilines is 1. The van der Waals surface area contributed by atoms with Gasteiger partial charge in [-0.25, -0.2) is 4.98 Å². The number of ketones is 1. The number of carbonyl (C=O) groups is 1. The third-order valence-corrected chi connectivity index (χ3v) is 5.38. The van der Waals surface area contributed by atoms with Crippen LogP contribution in [0.4, 0.5) is 5.82 Å². The van der Waals surface area contributed by atoms with Gasteiger partial charge < -0.3 is 10.1 Å². The first-order valence-electron chi connectivity index (χ1n) is 11.0. The second kappa shape index (κ2) is 9.87. The third-order valence-electron chi connectivity index (χ3n) is 5.38. The third kappa shape index (κ3) is 5.07. The number of Topliss-reactive ketones (excluding diaryl/α,β-unsaturated/α-hetero) is 1. The second-order valence-electron chi connectivity index (χ2n) is 8.20. The van der Waals surface area contributed by atoms with Crippen LogP contribution in [0.2, 0.25) is 0 Å². The first kappa shape index (κ1) is 22.0. The molecule has 0 radical (unpaired) electrons. The number of unbranched alkanes of at least 4 members (excludes halogenated alkanes) is 2. The molecule has 7 nitrogen and oxygen atoms in total. The summed E-state index contributed by atoms with van der Waals surface area (Å²) in [4.78, 5) is 16.7. The van der Waals surface area contributed by atoms with E-state index in [2.05, 4.69) is 22.4 Å². The minimum absolute atomic E-state index is 0.104. The molecule has 0 saturated heterocycles. The molecule has 0 amide bonds. The molecule has 3 aromatic rings. The van der Waals surface area contributed by atoms with Crippen LogP contribution in [0.3, 0.4) is 0 Å². The van der Waals surface area contributed by atoms with Crippen LogP contribution in [0.25, 0.3) is 16.7 Å². The van der Waals surface area contributed by atoms with E-state index in [0.717, 1.165) is 66.3 Å². The molecule has 1 atom stereocenters. The average molecular weight is 412 g/mol. The minimum atomic E-state index is 0.104. The lowest BCUT2D eigenvalue weighted by Crippen LogP contribution is -2.10. The molecule has 162 valence electrons. The van der Waals surface area contributed by atoms with Crippen molar-refractivity contribution in [2.24, 2.45) is 5.92 Å². The first-order valence-corrected chi connectivity index (χ1v) is 11.0. The SMILES string of the molecule is CCC(C)C(=O)CCCCCNc1nc2cc(OC(C)C)ccc2n2c(C)nnc12. The summed E-state index contributed by atoms with van der Waals surface area (Å²) in [6.07, 6.45) is 4.63. The molecule has 30 heavy (non-hydrogen) atoms.